The average Bonchev–Trinajstić information content (AvgIpc) is 1.41. The Balaban J connectivity index is 2.19. The lowest BCUT2D eigenvalue weighted by atomic mass is 11.0. The molecule has 0 aliphatic carbocycles. The van der Waals surface area contributed by atoms with Gasteiger partial charge in [0.25, 0.3) is 0 Å². The van der Waals surface area contributed by atoms with Crippen LogP contribution >= 0.6 is 16.7 Å². The molecular formula is C2H9NP2. The molecule has 32 valence electrons. The summed E-state index contributed by atoms with van der Waals surface area (Å²) in [6, 6.07) is 0. The van der Waals surface area contributed by atoms with Crippen molar-refractivity contribution in [3.8, 4) is 0 Å². The fraction of sp³-hybridized carbons (Fsp3) is 1.00. The second kappa shape index (κ2) is 4.82. The molecule has 0 amide bonds. The summed E-state index contributed by atoms with van der Waals surface area (Å²) in [5.74, 6) is 0. The minimum Gasteiger partial charge on any atom is -0.309 e. The van der Waals surface area contributed by atoms with E-state index in [1.165, 1.54) is 6.16 Å². The molecular weight excluding hydrogens is 100.0 g/mol. The number of hydrogen-bond acceptors (Lipinski definition) is 1. The standard InChI is InChI=1S/C2H9NP2/c1-2-4-5-3/h4-5H,2-3H2,1H3. The molecule has 0 aliphatic rings. The van der Waals surface area contributed by atoms with Crippen molar-refractivity contribution in [2.45, 2.75) is 6.92 Å². The second-order valence-electron chi connectivity index (χ2n) is 0.675. The second-order valence-corrected chi connectivity index (χ2v) is 3.95. The molecule has 0 fully saturated rings. The molecule has 2 unspecified atom stereocenters. The molecule has 2 N–H and O–H groups in total. The zero-order chi connectivity index (χ0) is 4.12. The van der Waals surface area contributed by atoms with Gasteiger partial charge < -0.3 is 5.50 Å². The number of nitrogens with two attached hydrogens (primary N) is 1. The fourth-order valence-electron chi connectivity index (χ4n) is 0.102. The maximum absolute atomic E-state index is 5.18. The zero-order valence-corrected chi connectivity index (χ0v) is 5.28. The molecule has 1 nitrogen and oxygen atoms in total. The first-order chi connectivity index (χ1) is 2.41. The van der Waals surface area contributed by atoms with Gasteiger partial charge in [0.05, 0.1) is 0 Å². The molecule has 0 saturated heterocycles. The minimum absolute atomic E-state index is 0.686. The highest BCUT2D eigenvalue weighted by molar-refractivity contribution is 8.10. The molecule has 2 atom stereocenters. The van der Waals surface area contributed by atoms with Gasteiger partial charge in [-0.3, -0.25) is 0 Å². The van der Waals surface area contributed by atoms with Crippen LogP contribution < -0.4 is 5.50 Å². The third-order valence-electron chi connectivity index (χ3n) is 0.279. The van der Waals surface area contributed by atoms with Crippen molar-refractivity contribution in [2.75, 3.05) is 6.16 Å². The van der Waals surface area contributed by atoms with Gasteiger partial charge >= 0.3 is 0 Å². The van der Waals surface area contributed by atoms with Crippen LogP contribution in [0, 0.1) is 0 Å². The molecule has 0 spiro atoms. The SMILES string of the molecule is CCPPN. The van der Waals surface area contributed by atoms with Crippen LogP contribution in [0.15, 0.2) is 0 Å². The monoisotopic (exact) mass is 109 g/mol. The van der Waals surface area contributed by atoms with E-state index in [1.807, 2.05) is 0 Å². The molecule has 0 rings (SSSR count). The van der Waals surface area contributed by atoms with Crippen molar-refractivity contribution < 1.29 is 0 Å². The lowest BCUT2D eigenvalue weighted by Gasteiger charge is -1.81. The van der Waals surface area contributed by atoms with Gasteiger partial charge in [-0.2, -0.15) is 0 Å². The van der Waals surface area contributed by atoms with Gasteiger partial charge in [-0.15, -0.1) is 0 Å². The van der Waals surface area contributed by atoms with Crippen molar-refractivity contribution in [3.05, 3.63) is 0 Å². The topological polar surface area (TPSA) is 26.0 Å². The molecule has 5 heavy (non-hydrogen) atoms. The van der Waals surface area contributed by atoms with Crippen LogP contribution in [0.5, 0.6) is 0 Å². The Hall–Kier alpha value is 0.820. The van der Waals surface area contributed by atoms with Crippen LogP contribution in [-0.4, -0.2) is 6.16 Å². The van der Waals surface area contributed by atoms with Crippen LogP contribution in [0.2, 0.25) is 0 Å². The highest BCUT2D eigenvalue weighted by Crippen LogP contribution is 2.27. The average molecular weight is 109 g/mol. The van der Waals surface area contributed by atoms with Crippen LogP contribution in [-0.2, 0) is 0 Å². The quantitative estimate of drug-likeness (QED) is 0.529. The molecule has 0 radical (unpaired) electrons. The maximum Gasteiger partial charge on any atom is -0.0334 e. The van der Waals surface area contributed by atoms with E-state index < -0.39 is 0 Å². The highest BCUT2D eigenvalue weighted by atomic mass is 32.0. The van der Waals surface area contributed by atoms with E-state index in [0.29, 0.717) is 8.42 Å². The molecule has 0 heterocycles. The summed E-state index contributed by atoms with van der Waals surface area (Å²) in [7, 11) is 1.69. The lowest BCUT2D eigenvalue weighted by Crippen LogP contribution is -1.61. The van der Waals surface area contributed by atoms with Gasteiger partial charge in [-0.25, -0.2) is 0 Å². The molecule has 0 aromatic carbocycles. The van der Waals surface area contributed by atoms with Crippen LogP contribution in [0.25, 0.3) is 0 Å². The van der Waals surface area contributed by atoms with Crippen LogP contribution in [0.4, 0.5) is 0 Å². The van der Waals surface area contributed by atoms with E-state index in [2.05, 4.69) is 6.92 Å². The Morgan fingerprint density at radius 3 is 2.40 bits per heavy atom. The Morgan fingerprint density at radius 1 is 1.80 bits per heavy atom. The third kappa shape index (κ3) is 4.82. The molecule has 3 heteroatoms. The van der Waals surface area contributed by atoms with Gasteiger partial charge in [-0.1, -0.05) is 15.2 Å². The summed E-state index contributed by atoms with van der Waals surface area (Å²) in [5.41, 5.74) is 5.18. The van der Waals surface area contributed by atoms with Crippen LogP contribution in [0.3, 0.4) is 0 Å². The minimum atomic E-state index is 0.686. The Morgan fingerprint density at radius 2 is 2.40 bits per heavy atom. The summed E-state index contributed by atoms with van der Waals surface area (Å²) in [4.78, 5) is 0. The fourth-order valence-corrected chi connectivity index (χ4v) is 0.919. The molecule has 0 aromatic rings. The summed E-state index contributed by atoms with van der Waals surface area (Å²) < 4.78 is 0. The van der Waals surface area contributed by atoms with Gasteiger partial charge in [0, 0.05) is 0 Å². The predicted molar refractivity (Wildman–Crippen MR) is 31.4 cm³/mol. The van der Waals surface area contributed by atoms with E-state index in [0.717, 1.165) is 8.27 Å². The zero-order valence-electron chi connectivity index (χ0n) is 3.28. The summed E-state index contributed by atoms with van der Waals surface area (Å²) in [6.45, 7) is 2.15. The van der Waals surface area contributed by atoms with E-state index in [1.54, 1.807) is 0 Å². The van der Waals surface area contributed by atoms with E-state index in [4.69, 9.17) is 5.50 Å². The lowest BCUT2D eigenvalue weighted by molar-refractivity contribution is 1.53. The first-order valence-corrected chi connectivity index (χ1v) is 4.88. The van der Waals surface area contributed by atoms with E-state index in [-0.39, 0.29) is 0 Å². The number of hydrogen-bond donors (Lipinski definition) is 1. The van der Waals surface area contributed by atoms with Crippen LogP contribution in [0.1, 0.15) is 6.92 Å². The third-order valence-corrected chi connectivity index (χ3v) is 2.51. The summed E-state index contributed by atoms with van der Waals surface area (Å²) >= 11 is 0. The normalized spacial score (nSPS) is 13.2. The van der Waals surface area contributed by atoms with Gasteiger partial charge in [0.2, 0.25) is 0 Å². The first kappa shape index (κ1) is 5.82. The van der Waals surface area contributed by atoms with Crippen molar-refractivity contribution in [1.82, 2.24) is 0 Å². The van der Waals surface area contributed by atoms with Gasteiger partial charge in [-0.05, 0) is 14.6 Å². The van der Waals surface area contributed by atoms with Crippen molar-refractivity contribution >= 4 is 16.7 Å². The van der Waals surface area contributed by atoms with Gasteiger partial charge in [0.1, 0.15) is 0 Å². The highest BCUT2D eigenvalue weighted by Gasteiger charge is 1.66. The number of rotatable bonds is 2. The van der Waals surface area contributed by atoms with Crippen molar-refractivity contribution in [1.29, 1.82) is 0 Å². The Kier molecular flexibility index (Phi) is 5.61. The van der Waals surface area contributed by atoms with Crippen molar-refractivity contribution in [2.24, 2.45) is 5.50 Å². The van der Waals surface area contributed by atoms with Crippen molar-refractivity contribution in [3.63, 3.8) is 0 Å². The molecule has 0 bridgehead atoms. The summed E-state index contributed by atoms with van der Waals surface area (Å²) in [5, 5.41) is 0. The Bertz CT molecular complexity index is 15.1. The molecule has 0 aromatic heterocycles. The van der Waals surface area contributed by atoms with Gasteiger partial charge in [0.15, 0.2) is 0 Å². The first-order valence-electron chi connectivity index (χ1n) is 1.60. The molecule has 0 saturated carbocycles. The predicted octanol–water partition coefficient (Wildman–Crippen LogP) is 1.15. The summed E-state index contributed by atoms with van der Waals surface area (Å²) in [6.07, 6.45) is 1.26. The van der Waals surface area contributed by atoms with E-state index in [9.17, 15) is 0 Å². The largest absolute Gasteiger partial charge is 0.309 e. The maximum atomic E-state index is 5.18. The molecule has 0 aliphatic heterocycles. The smallest absolute Gasteiger partial charge is 0.0334 e. The van der Waals surface area contributed by atoms with E-state index >= 15 is 0 Å². The Labute approximate surface area is 36.2 Å².